The van der Waals surface area contributed by atoms with E-state index in [9.17, 15) is 19.7 Å². The number of carbonyl (C=O) groups is 2. The van der Waals surface area contributed by atoms with E-state index < -0.39 is 34.3 Å². The third-order valence-electron chi connectivity index (χ3n) is 6.42. The minimum absolute atomic E-state index is 0.0105. The monoisotopic (exact) mass is 436 g/mol. The van der Waals surface area contributed by atoms with Gasteiger partial charge in [-0.1, -0.05) is 30.3 Å². The Morgan fingerprint density at radius 1 is 1.38 bits per heavy atom. The number of aromatic nitrogens is 4. The molecule has 2 aliphatic rings. The van der Waals surface area contributed by atoms with Gasteiger partial charge in [0.1, 0.15) is 5.92 Å². The maximum absolute atomic E-state index is 13.3. The third-order valence-corrected chi connectivity index (χ3v) is 6.42. The van der Waals surface area contributed by atoms with Crippen molar-refractivity contribution in [3.63, 3.8) is 0 Å². The number of ether oxygens (including phenoxy) is 1. The van der Waals surface area contributed by atoms with Crippen LogP contribution in [0.2, 0.25) is 0 Å². The summed E-state index contributed by atoms with van der Waals surface area (Å²) in [4.78, 5) is 50.5. The Labute approximate surface area is 182 Å². The number of carbonyl (C=O) groups excluding carboxylic acids is 2. The Bertz CT molecular complexity index is 1190. The molecule has 32 heavy (non-hydrogen) atoms. The maximum atomic E-state index is 13.3. The molecule has 0 spiro atoms. The molecule has 1 N–H and O–H groups in total. The lowest BCUT2D eigenvalue weighted by Gasteiger charge is -2.41. The van der Waals surface area contributed by atoms with E-state index in [1.807, 2.05) is 34.9 Å². The molecule has 4 heterocycles. The van der Waals surface area contributed by atoms with Crippen molar-refractivity contribution in [3.8, 4) is 0 Å². The molecule has 5 rings (SSSR count). The van der Waals surface area contributed by atoms with Crippen LogP contribution in [0.5, 0.6) is 0 Å². The number of methoxy groups -OCH3 is 1. The highest BCUT2D eigenvalue weighted by Gasteiger charge is 2.71. The second-order valence-electron chi connectivity index (χ2n) is 7.98. The molecular weight excluding hydrogens is 416 g/mol. The number of nitrogens with one attached hydrogen (secondary N) is 1. The average molecular weight is 436 g/mol. The first-order valence-electron chi connectivity index (χ1n) is 10.1. The van der Waals surface area contributed by atoms with Crippen molar-refractivity contribution < 1.29 is 19.2 Å². The number of esters is 1. The van der Waals surface area contributed by atoms with Gasteiger partial charge in [0.05, 0.1) is 37.7 Å². The van der Waals surface area contributed by atoms with Crippen LogP contribution in [0.15, 0.2) is 49.2 Å². The van der Waals surface area contributed by atoms with Gasteiger partial charge in [0.15, 0.2) is 5.54 Å². The zero-order chi connectivity index (χ0) is 22.5. The molecule has 1 amide bonds. The summed E-state index contributed by atoms with van der Waals surface area (Å²) in [5, 5.41) is 12.0. The fourth-order valence-electron chi connectivity index (χ4n) is 5.01. The summed E-state index contributed by atoms with van der Waals surface area (Å²) >= 11 is 0. The van der Waals surface area contributed by atoms with Crippen molar-refractivity contribution >= 4 is 11.9 Å². The van der Waals surface area contributed by atoms with Gasteiger partial charge in [-0.05, 0) is 5.56 Å². The average Bonchev–Trinajstić information content (AvgIpc) is 3.51. The fraction of sp³-hybridized carbons (Fsp3) is 0.333. The summed E-state index contributed by atoms with van der Waals surface area (Å²) < 4.78 is 7.00. The number of nitro groups is 1. The van der Waals surface area contributed by atoms with Gasteiger partial charge >= 0.3 is 12.0 Å². The molecule has 3 aromatic rings. The fourth-order valence-corrected chi connectivity index (χ4v) is 5.01. The number of H-pyrrole nitrogens is 1. The Balaban J connectivity index is 1.63. The zero-order valence-electron chi connectivity index (χ0n) is 17.2. The molecule has 0 bridgehead atoms. The number of aromatic amines is 1. The van der Waals surface area contributed by atoms with Gasteiger partial charge in [-0.25, -0.2) is 14.8 Å². The lowest BCUT2D eigenvalue weighted by atomic mass is 9.75. The van der Waals surface area contributed by atoms with Gasteiger partial charge in [-0.3, -0.25) is 14.9 Å². The number of fused-ring (bicyclic) bond motifs is 2. The number of imidazole rings is 2. The first kappa shape index (κ1) is 19.9. The second kappa shape index (κ2) is 7.29. The number of benzene rings is 1. The molecule has 11 heteroatoms. The van der Waals surface area contributed by atoms with Crippen LogP contribution in [0.25, 0.3) is 0 Å². The summed E-state index contributed by atoms with van der Waals surface area (Å²) in [6, 6.07) is 8.11. The van der Waals surface area contributed by atoms with E-state index in [1.165, 1.54) is 24.5 Å². The van der Waals surface area contributed by atoms with Crippen LogP contribution >= 0.6 is 0 Å². The summed E-state index contributed by atoms with van der Waals surface area (Å²) in [5.74, 6) is -2.52. The largest absolute Gasteiger partial charge is 0.467 e. The molecule has 0 saturated carbocycles. The van der Waals surface area contributed by atoms with Crippen molar-refractivity contribution in [2.75, 3.05) is 7.11 Å². The van der Waals surface area contributed by atoms with Crippen molar-refractivity contribution in [2.24, 2.45) is 0 Å². The number of nitrogens with zero attached hydrogens (tertiary/aromatic N) is 5. The maximum Gasteiger partial charge on any atom is 0.333 e. The Morgan fingerprint density at radius 3 is 2.81 bits per heavy atom. The SMILES string of the molecule is COC(=O)[C@]12Cc3ncn(Cc4ccccc4)c3CN1C(=O)[C@@H]([N+](=O)[O-])[C@@H]2c1cnc[nH]1. The number of hydrogen-bond donors (Lipinski definition) is 1. The summed E-state index contributed by atoms with van der Waals surface area (Å²) in [7, 11) is 1.22. The highest BCUT2D eigenvalue weighted by atomic mass is 16.6. The Hall–Kier alpha value is -4.02. The Kier molecular flexibility index (Phi) is 4.54. The van der Waals surface area contributed by atoms with E-state index in [0.29, 0.717) is 17.9 Å². The van der Waals surface area contributed by atoms with Crippen molar-refractivity contribution in [1.29, 1.82) is 0 Å². The van der Waals surface area contributed by atoms with E-state index in [-0.39, 0.29) is 13.0 Å². The van der Waals surface area contributed by atoms with Gasteiger partial charge in [-0.15, -0.1) is 0 Å². The first-order valence-corrected chi connectivity index (χ1v) is 10.1. The molecule has 0 aliphatic carbocycles. The van der Waals surface area contributed by atoms with Crippen molar-refractivity contribution in [3.05, 3.63) is 81.9 Å². The number of rotatable bonds is 5. The zero-order valence-corrected chi connectivity index (χ0v) is 17.2. The number of amides is 1. The van der Waals surface area contributed by atoms with Gasteiger partial charge in [0, 0.05) is 29.8 Å². The molecule has 1 aromatic carbocycles. The summed E-state index contributed by atoms with van der Waals surface area (Å²) in [6.07, 6.45) is 4.46. The van der Waals surface area contributed by atoms with Gasteiger partial charge < -0.3 is 19.2 Å². The number of hydrogen-bond acceptors (Lipinski definition) is 7. The van der Waals surface area contributed by atoms with E-state index in [0.717, 1.165) is 11.3 Å². The van der Waals surface area contributed by atoms with Gasteiger partial charge in [0.2, 0.25) is 0 Å². The predicted molar refractivity (Wildman–Crippen MR) is 109 cm³/mol. The molecule has 2 aromatic heterocycles. The van der Waals surface area contributed by atoms with Gasteiger partial charge in [0.25, 0.3) is 5.91 Å². The third kappa shape index (κ3) is 2.74. The highest BCUT2D eigenvalue weighted by molar-refractivity contribution is 5.97. The van der Waals surface area contributed by atoms with E-state index in [2.05, 4.69) is 15.0 Å². The minimum atomic E-state index is -1.64. The molecule has 164 valence electrons. The molecule has 1 fully saturated rings. The van der Waals surface area contributed by atoms with Crippen LogP contribution in [-0.2, 0) is 33.8 Å². The van der Waals surface area contributed by atoms with Crippen molar-refractivity contribution in [1.82, 2.24) is 24.4 Å². The quantitative estimate of drug-likeness (QED) is 0.356. The lowest BCUT2D eigenvalue weighted by molar-refractivity contribution is -0.510. The smallest absolute Gasteiger partial charge is 0.333 e. The van der Waals surface area contributed by atoms with Crippen LogP contribution < -0.4 is 0 Å². The summed E-state index contributed by atoms with van der Waals surface area (Å²) in [6.45, 7) is 0.546. The standard InChI is InChI=1S/C21H20N6O5/c1-32-20(29)21-7-14-16(25(12-24-14)9-13-5-3-2-4-6-13)10-26(21)19(28)18(27(30)31)17(21)15-8-22-11-23-15/h2-6,8,11-12,17-18H,7,9-10H2,1H3,(H,22,23)/t17-,18-,21+/m0/s1. The molecule has 2 aliphatic heterocycles. The van der Waals surface area contributed by atoms with Gasteiger partial charge in [-0.2, -0.15) is 0 Å². The molecule has 1 saturated heterocycles. The van der Waals surface area contributed by atoms with Crippen LogP contribution in [0.3, 0.4) is 0 Å². The lowest BCUT2D eigenvalue weighted by Crippen LogP contribution is -2.59. The minimum Gasteiger partial charge on any atom is -0.467 e. The molecule has 11 nitrogen and oxygen atoms in total. The summed E-state index contributed by atoms with van der Waals surface area (Å²) in [5.41, 5.74) is 1.15. The van der Waals surface area contributed by atoms with Crippen LogP contribution in [-0.4, -0.2) is 59.9 Å². The topological polar surface area (TPSA) is 136 Å². The molecule has 0 unspecified atom stereocenters. The van der Waals surface area contributed by atoms with Crippen LogP contribution in [0.4, 0.5) is 0 Å². The van der Waals surface area contributed by atoms with E-state index >= 15 is 0 Å². The van der Waals surface area contributed by atoms with Crippen LogP contribution in [0, 0.1) is 10.1 Å². The van der Waals surface area contributed by atoms with Crippen molar-refractivity contribution in [2.45, 2.75) is 37.0 Å². The molecule has 3 atom stereocenters. The second-order valence-corrected chi connectivity index (χ2v) is 7.98. The van der Waals surface area contributed by atoms with E-state index in [1.54, 1.807) is 6.33 Å². The molecular formula is C21H20N6O5. The van der Waals surface area contributed by atoms with E-state index in [4.69, 9.17) is 4.74 Å². The normalized spacial score (nSPS) is 24.2. The Morgan fingerprint density at radius 2 is 2.16 bits per heavy atom. The molecule has 0 radical (unpaired) electrons. The highest BCUT2D eigenvalue weighted by Crippen LogP contribution is 2.49. The first-order chi connectivity index (χ1) is 15.5. The predicted octanol–water partition coefficient (Wildman–Crippen LogP) is 0.894. The van der Waals surface area contributed by atoms with Crippen LogP contribution in [0.1, 0.15) is 28.6 Å².